The van der Waals surface area contributed by atoms with Crippen molar-refractivity contribution < 1.29 is 9.18 Å². The molecule has 3 heteroatoms. The van der Waals surface area contributed by atoms with E-state index in [1.54, 1.807) is 12.1 Å². The Hall–Kier alpha value is -1.22. The first-order valence-electron chi connectivity index (χ1n) is 6.71. The quantitative estimate of drug-likeness (QED) is 0.813. The van der Waals surface area contributed by atoms with E-state index in [1.165, 1.54) is 6.07 Å². The summed E-state index contributed by atoms with van der Waals surface area (Å²) in [5.74, 6) is 0.875. The van der Waals surface area contributed by atoms with Crippen LogP contribution in [0.4, 0.5) is 4.39 Å². The number of Topliss-reactive ketones (excluding diaryl/α,β-unsaturated/α-hetero) is 1. The van der Waals surface area contributed by atoms with E-state index < -0.39 is 0 Å². The highest BCUT2D eigenvalue weighted by molar-refractivity contribution is 5.79. The number of carbonyl (C=O) groups is 1. The number of carbonyl (C=O) groups excluding carboxylic acids is 1. The molecule has 1 aromatic rings. The van der Waals surface area contributed by atoms with Crippen LogP contribution in [-0.4, -0.2) is 18.9 Å². The largest absolute Gasteiger partial charge is 0.316 e. The Bertz CT molecular complexity index is 395. The Labute approximate surface area is 108 Å². The van der Waals surface area contributed by atoms with E-state index in [0.29, 0.717) is 11.7 Å². The molecule has 0 bridgehead atoms. The van der Waals surface area contributed by atoms with Crippen LogP contribution in [0.2, 0.25) is 0 Å². The van der Waals surface area contributed by atoms with E-state index >= 15 is 0 Å². The maximum absolute atomic E-state index is 13.0. The van der Waals surface area contributed by atoms with Crippen molar-refractivity contribution in [3.8, 4) is 0 Å². The predicted molar refractivity (Wildman–Crippen MR) is 69.9 cm³/mol. The van der Waals surface area contributed by atoms with E-state index in [4.69, 9.17) is 0 Å². The fourth-order valence-corrected chi connectivity index (χ4v) is 2.44. The Kier molecular flexibility index (Phi) is 4.88. The first kappa shape index (κ1) is 13.2. The van der Waals surface area contributed by atoms with E-state index in [2.05, 4.69) is 5.32 Å². The molecule has 0 heterocycles. The van der Waals surface area contributed by atoms with Gasteiger partial charge in [-0.2, -0.15) is 0 Å². The number of ketones is 1. The lowest BCUT2D eigenvalue weighted by molar-refractivity contribution is -0.120. The lowest BCUT2D eigenvalue weighted by Gasteiger charge is -2.21. The normalized spacial score (nSPS) is 17.1. The number of benzene rings is 1. The zero-order valence-corrected chi connectivity index (χ0v) is 10.6. The zero-order valence-electron chi connectivity index (χ0n) is 10.6. The van der Waals surface area contributed by atoms with E-state index in [9.17, 15) is 9.18 Å². The Balaban J connectivity index is 1.63. The average Bonchev–Trinajstić information content (AvgIpc) is 2.37. The van der Waals surface area contributed by atoms with Gasteiger partial charge < -0.3 is 5.32 Å². The molecule has 18 heavy (non-hydrogen) atoms. The maximum atomic E-state index is 13.0. The summed E-state index contributed by atoms with van der Waals surface area (Å²) >= 11 is 0. The third-order valence-electron chi connectivity index (χ3n) is 3.58. The molecule has 0 aliphatic heterocycles. The standard InChI is InChI=1S/C15H20FNO/c16-14-3-1-2-12(10-14)8-9-17-11-13-4-6-15(18)7-5-13/h1-3,10,13,17H,4-9,11H2. The number of hydrogen-bond donors (Lipinski definition) is 1. The molecule has 0 saturated heterocycles. The SMILES string of the molecule is O=C1CCC(CNCCc2cccc(F)c2)CC1. The van der Waals surface area contributed by atoms with Crippen LogP contribution >= 0.6 is 0 Å². The highest BCUT2D eigenvalue weighted by Gasteiger charge is 2.17. The summed E-state index contributed by atoms with van der Waals surface area (Å²) in [6.45, 7) is 1.84. The van der Waals surface area contributed by atoms with Crippen molar-refractivity contribution in [3.05, 3.63) is 35.6 Å². The molecular weight excluding hydrogens is 229 g/mol. The molecule has 2 rings (SSSR count). The van der Waals surface area contributed by atoms with Gasteiger partial charge in [0, 0.05) is 12.8 Å². The van der Waals surface area contributed by atoms with Crippen molar-refractivity contribution >= 4 is 5.78 Å². The average molecular weight is 249 g/mol. The second kappa shape index (κ2) is 6.64. The van der Waals surface area contributed by atoms with Gasteiger partial charge in [0.15, 0.2) is 0 Å². The van der Waals surface area contributed by atoms with E-state index in [1.807, 2.05) is 6.07 Å². The fourth-order valence-electron chi connectivity index (χ4n) is 2.44. The van der Waals surface area contributed by atoms with Crippen LogP contribution in [0, 0.1) is 11.7 Å². The molecule has 1 aromatic carbocycles. The number of hydrogen-bond acceptors (Lipinski definition) is 2. The Morgan fingerprint density at radius 1 is 1.28 bits per heavy atom. The molecule has 2 nitrogen and oxygen atoms in total. The van der Waals surface area contributed by atoms with Gasteiger partial charge in [-0.3, -0.25) is 4.79 Å². The number of nitrogens with one attached hydrogen (secondary N) is 1. The molecule has 0 spiro atoms. The van der Waals surface area contributed by atoms with Crippen molar-refractivity contribution in [1.29, 1.82) is 0 Å². The monoisotopic (exact) mass is 249 g/mol. The molecule has 98 valence electrons. The lowest BCUT2D eigenvalue weighted by Crippen LogP contribution is -2.28. The van der Waals surface area contributed by atoms with Crippen LogP contribution in [0.3, 0.4) is 0 Å². The van der Waals surface area contributed by atoms with Crippen molar-refractivity contribution in [3.63, 3.8) is 0 Å². The molecule has 0 unspecified atom stereocenters. The highest BCUT2D eigenvalue weighted by Crippen LogP contribution is 2.20. The van der Waals surface area contributed by atoms with E-state index in [0.717, 1.165) is 50.8 Å². The third kappa shape index (κ3) is 4.22. The Morgan fingerprint density at radius 3 is 2.78 bits per heavy atom. The fraction of sp³-hybridized carbons (Fsp3) is 0.533. The Morgan fingerprint density at radius 2 is 2.06 bits per heavy atom. The summed E-state index contributed by atoms with van der Waals surface area (Å²) in [6, 6.07) is 6.75. The summed E-state index contributed by atoms with van der Waals surface area (Å²) in [5, 5.41) is 3.40. The molecule has 1 saturated carbocycles. The van der Waals surface area contributed by atoms with Crippen molar-refractivity contribution in [2.45, 2.75) is 32.1 Å². The minimum Gasteiger partial charge on any atom is -0.316 e. The van der Waals surface area contributed by atoms with Gasteiger partial charge in [0.25, 0.3) is 0 Å². The molecule has 0 atom stereocenters. The van der Waals surface area contributed by atoms with Gasteiger partial charge in [-0.1, -0.05) is 12.1 Å². The second-order valence-electron chi connectivity index (χ2n) is 5.07. The summed E-state index contributed by atoms with van der Waals surface area (Å²) in [6.07, 6.45) is 4.38. The van der Waals surface area contributed by atoms with Gasteiger partial charge >= 0.3 is 0 Å². The summed E-state index contributed by atoms with van der Waals surface area (Å²) in [4.78, 5) is 11.1. The highest BCUT2D eigenvalue weighted by atomic mass is 19.1. The van der Waals surface area contributed by atoms with Gasteiger partial charge in [0.2, 0.25) is 0 Å². The number of rotatable bonds is 5. The van der Waals surface area contributed by atoms with E-state index in [-0.39, 0.29) is 5.82 Å². The molecule has 0 radical (unpaired) electrons. The van der Waals surface area contributed by atoms with Crippen LogP contribution in [0.25, 0.3) is 0 Å². The van der Waals surface area contributed by atoms with Crippen molar-refractivity contribution in [2.75, 3.05) is 13.1 Å². The van der Waals surface area contributed by atoms with Crippen molar-refractivity contribution in [2.24, 2.45) is 5.92 Å². The summed E-state index contributed by atoms with van der Waals surface area (Å²) in [5.41, 5.74) is 1.03. The molecule has 1 aliphatic rings. The van der Waals surface area contributed by atoms with Gasteiger partial charge in [-0.25, -0.2) is 4.39 Å². The van der Waals surface area contributed by atoms with Crippen LogP contribution in [-0.2, 0) is 11.2 Å². The minimum absolute atomic E-state index is 0.168. The maximum Gasteiger partial charge on any atom is 0.132 e. The predicted octanol–water partition coefficient (Wildman–Crippen LogP) is 2.72. The molecule has 0 amide bonds. The van der Waals surface area contributed by atoms with Gasteiger partial charge in [-0.05, 0) is 56.0 Å². The smallest absolute Gasteiger partial charge is 0.132 e. The molecule has 1 aliphatic carbocycles. The van der Waals surface area contributed by atoms with Gasteiger partial charge in [-0.15, -0.1) is 0 Å². The topological polar surface area (TPSA) is 29.1 Å². The second-order valence-corrected chi connectivity index (χ2v) is 5.07. The molecule has 0 aromatic heterocycles. The van der Waals surface area contributed by atoms with Gasteiger partial charge in [0.05, 0.1) is 0 Å². The minimum atomic E-state index is -0.168. The lowest BCUT2D eigenvalue weighted by atomic mass is 9.88. The first-order valence-corrected chi connectivity index (χ1v) is 6.71. The molecule has 1 N–H and O–H groups in total. The zero-order chi connectivity index (χ0) is 12.8. The van der Waals surface area contributed by atoms with Crippen molar-refractivity contribution in [1.82, 2.24) is 5.32 Å². The summed E-state index contributed by atoms with van der Waals surface area (Å²) in [7, 11) is 0. The molecular formula is C15H20FNO. The first-order chi connectivity index (χ1) is 8.74. The molecule has 1 fully saturated rings. The van der Waals surface area contributed by atoms with Gasteiger partial charge in [0.1, 0.15) is 11.6 Å². The van der Waals surface area contributed by atoms with Crippen LogP contribution in [0.1, 0.15) is 31.2 Å². The number of halogens is 1. The summed E-state index contributed by atoms with van der Waals surface area (Å²) < 4.78 is 13.0. The van der Waals surface area contributed by atoms with Crippen LogP contribution in [0.5, 0.6) is 0 Å². The third-order valence-corrected chi connectivity index (χ3v) is 3.58. The van der Waals surface area contributed by atoms with Crippen LogP contribution in [0.15, 0.2) is 24.3 Å². The van der Waals surface area contributed by atoms with Crippen LogP contribution < -0.4 is 5.32 Å².